The minimum Gasteiger partial charge on any atom is -0.481 e. The molecule has 0 spiro atoms. The number of piperidine rings is 1. The Morgan fingerprint density at radius 3 is 2.19 bits per heavy atom. The molecule has 2 saturated heterocycles. The Balaban J connectivity index is 1.54. The summed E-state index contributed by atoms with van der Waals surface area (Å²) in [5, 5.41) is 0. The van der Waals surface area contributed by atoms with Crippen molar-refractivity contribution in [3.63, 3.8) is 0 Å². The second-order valence-electron chi connectivity index (χ2n) is 12.5. The molecule has 6 nitrogen and oxygen atoms in total. The van der Waals surface area contributed by atoms with Gasteiger partial charge in [-0.25, -0.2) is 4.39 Å². The molecular weight excluding hydrogens is 550 g/mol. The van der Waals surface area contributed by atoms with Crippen molar-refractivity contribution in [2.45, 2.75) is 65.2 Å². The summed E-state index contributed by atoms with van der Waals surface area (Å²) in [4.78, 5) is 31.4. The largest absolute Gasteiger partial charge is 0.481 e. The standard InChI is InChI=1S/C32H41F4N3O3/c1-22(40)37-14-12-23(13-15-37)18-29(41)39-17-16-38(20-28(39)31(2,3)4)30(24-8-6-5-7-9-24)25-10-11-27(26(33)19-25)42-21-32(34,35)36/h5-11,19,23,28,30H,12-18,20-21H2,1-4H3. The maximum absolute atomic E-state index is 15.0. The third-order valence-electron chi connectivity index (χ3n) is 8.40. The van der Waals surface area contributed by atoms with Crippen LogP contribution in [0.4, 0.5) is 17.6 Å². The summed E-state index contributed by atoms with van der Waals surface area (Å²) < 4.78 is 57.6. The van der Waals surface area contributed by atoms with Gasteiger partial charge in [0, 0.05) is 52.1 Å². The van der Waals surface area contributed by atoms with Crippen molar-refractivity contribution in [2.75, 3.05) is 39.3 Å². The first-order chi connectivity index (χ1) is 19.7. The molecule has 230 valence electrons. The molecule has 2 amide bonds. The van der Waals surface area contributed by atoms with Crippen molar-refractivity contribution in [1.82, 2.24) is 14.7 Å². The molecule has 0 radical (unpaired) electrons. The van der Waals surface area contributed by atoms with Gasteiger partial charge in [-0.05, 0) is 47.4 Å². The van der Waals surface area contributed by atoms with Gasteiger partial charge in [0.05, 0.1) is 6.04 Å². The van der Waals surface area contributed by atoms with Crippen LogP contribution in [-0.2, 0) is 9.59 Å². The van der Waals surface area contributed by atoms with E-state index >= 15 is 4.39 Å². The smallest absolute Gasteiger partial charge is 0.422 e. The van der Waals surface area contributed by atoms with Crippen LogP contribution in [0.15, 0.2) is 48.5 Å². The number of rotatable bonds is 7. The van der Waals surface area contributed by atoms with Crippen molar-refractivity contribution < 1.29 is 31.9 Å². The summed E-state index contributed by atoms with van der Waals surface area (Å²) in [6, 6.07) is 13.2. The predicted octanol–water partition coefficient (Wildman–Crippen LogP) is 6.06. The maximum atomic E-state index is 15.0. The Bertz CT molecular complexity index is 1220. The highest BCUT2D eigenvalue weighted by atomic mass is 19.4. The lowest BCUT2D eigenvalue weighted by molar-refractivity contribution is -0.153. The average Bonchev–Trinajstić information content (AvgIpc) is 2.92. The van der Waals surface area contributed by atoms with Crippen LogP contribution in [-0.4, -0.2) is 78.1 Å². The SMILES string of the molecule is CC(=O)N1CCC(CC(=O)N2CCN(C(c3ccccc3)c3ccc(OCC(F)(F)F)c(F)c3)CC2C(C)(C)C)CC1. The maximum Gasteiger partial charge on any atom is 0.422 e. The van der Waals surface area contributed by atoms with Crippen molar-refractivity contribution in [3.8, 4) is 5.75 Å². The highest BCUT2D eigenvalue weighted by Crippen LogP contribution is 2.37. The molecule has 0 N–H and O–H groups in total. The molecule has 2 aromatic rings. The Labute approximate surface area is 245 Å². The monoisotopic (exact) mass is 591 g/mol. The highest BCUT2D eigenvalue weighted by Gasteiger charge is 2.41. The van der Waals surface area contributed by atoms with Gasteiger partial charge >= 0.3 is 6.18 Å². The fraction of sp³-hybridized carbons (Fsp3) is 0.562. The van der Waals surface area contributed by atoms with Crippen LogP contribution in [0.3, 0.4) is 0 Å². The highest BCUT2D eigenvalue weighted by molar-refractivity contribution is 5.77. The minimum atomic E-state index is -4.57. The van der Waals surface area contributed by atoms with Gasteiger partial charge in [0.1, 0.15) is 0 Å². The number of amides is 2. The number of alkyl halides is 3. The van der Waals surface area contributed by atoms with Crippen LogP contribution in [0.2, 0.25) is 0 Å². The summed E-state index contributed by atoms with van der Waals surface area (Å²) in [5.74, 6) is -0.871. The van der Waals surface area contributed by atoms with Gasteiger partial charge in [-0.3, -0.25) is 14.5 Å². The van der Waals surface area contributed by atoms with Crippen LogP contribution >= 0.6 is 0 Å². The van der Waals surface area contributed by atoms with Gasteiger partial charge in [-0.2, -0.15) is 13.2 Å². The number of halogens is 4. The van der Waals surface area contributed by atoms with Crippen molar-refractivity contribution >= 4 is 11.8 Å². The molecule has 42 heavy (non-hydrogen) atoms. The number of likely N-dealkylation sites (tertiary alicyclic amines) is 1. The number of benzene rings is 2. The first-order valence-electron chi connectivity index (χ1n) is 14.6. The zero-order valence-electron chi connectivity index (χ0n) is 24.8. The van der Waals surface area contributed by atoms with Crippen LogP contribution in [0.25, 0.3) is 0 Å². The predicted molar refractivity (Wildman–Crippen MR) is 152 cm³/mol. The Morgan fingerprint density at radius 1 is 0.952 bits per heavy atom. The van der Waals surface area contributed by atoms with Crippen LogP contribution in [0, 0.1) is 17.2 Å². The molecule has 0 bridgehead atoms. The lowest BCUT2D eigenvalue weighted by atomic mass is 9.82. The van der Waals surface area contributed by atoms with Crippen molar-refractivity contribution in [2.24, 2.45) is 11.3 Å². The van der Waals surface area contributed by atoms with E-state index in [9.17, 15) is 22.8 Å². The van der Waals surface area contributed by atoms with E-state index in [0.717, 1.165) is 18.4 Å². The van der Waals surface area contributed by atoms with Gasteiger partial charge in [0.2, 0.25) is 11.8 Å². The van der Waals surface area contributed by atoms with E-state index in [4.69, 9.17) is 4.74 Å². The molecule has 2 unspecified atom stereocenters. The summed E-state index contributed by atoms with van der Waals surface area (Å²) in [5.41, 5.74) is 1.28. The third-order valence-corrected chi connectivity index (χ3v) is 8.40. The number of carbonyl (C=O) groups is 2. The molecule has 2 aromatic carbocycles. The second kappa shape index (κ2) is 13.0. The lowest BCUT2D eigenvalue weighted by Crippen LogP contribution is -2.60. The number of nitrogens with zero attached hydrogens (tertiary/aromatic N) is 3. The summed E-state index contributed by atoms with van der Waals surface area (Å²) in [6.07, 6.45) is -2.49. The van der Waals surface area contributed by atoms with Gasteiger partial charge in [0.25, 0.3) is 0 Å². The third kappa shape index (κ3) is 8.02. The normalized spacial score (nSPS) is 20.0. The van der Waals surface area contributed by atoms with E-state index in [1.807, 2.05) is 40.1 Å². The summed E-state index contributed by atoms with van der Waals surface area (Å²) in [7, 11) is 0. The Hall–Kier alpha value is -3.14. The number of hydrogen-bond donors (Lipinski definition) is 0. The van der Waals surface area contributed by atoms with E-state index in [1.165, 1.54) is 12.1 Å². The molecule has 4 rings (SSSR count). The molecular formula is C32H41F4N3O3. The molecule has 2 heterocycles. The number of carbonyl (C=O) groups excluding carboxylic acids is 2. The van der Waals surface area contributed by atoms with Gasteiger partial charge in [0.15, 0.2) is 18.2 Å². The second-order valence-corrected chi connectivity index (χ2v) is 12.5. The molecule has 2 atom stereocenters. The first kappa shape index (κ1) is 31.8. The summed E-state index contributed by atoms with van der Waals surface area (Å²) >= 11 is 0. The van der Waals surface area contributed by atoms with Gasteiger partial charge < -0.3 is 14.5 Å². The quantitative estimate of drug-likeness (QED) is 0.367. The van der Waals surface area contributed by atoms with Crippen LogP contribution < -0.4 is 4.74 Å². The van der Waals surface area contributed by atoms with Gasteiger partial charge in [-0.15, -0.1) is 0 Å². The fourth-order valence-corrected chi connectivity index (χ4v) is 6.11. The van der Waals surface area contributed by atoms with Crippen molar-refractivity contribution in [3.05, 3.63) is 65.5 Å². The molecule has 0 aromatic heterocycles. The average molecular weight is 592 g/mol. The minimum absolute atomic E-state index is 0.0695. The van der Waals surface area contributed by atoms with E-state index in [1.54, 1.807) is 13.0 Å². The van der Waals surface area contributed by atoms with Crippen LogP contribution in [0.1, 0.15) is 64.1 Å². The zero-order valence-corrected chi connectivity index (χ0v) is 24.8. The zero-order chi connectivity index (χ0) is 30.7. The molecule has 0 saturated carbocycles. The van der Waals surface area contributed by atoms with E-state index in [2.05, 4.69) is 25.7 Å². The lowest BCUT2D eigenvalue weighted by Gasteiger charge is -2.50. The van der Waals surface area contributed by atoms with Gasteiger partial charge in [-0.1, -0.05) is 57.2 Å². The molecule has 0 aliphatic carbocycles. The Kier molecular flexibility index (Phi) is 9.85. The fourth-order valence-electron chi connectivity index (χ4n) is 6.11. The molecule has 2 fully saturated rings. The number of piperazine rings is 1. The number of ether oxygens (including phenoxy) is 1. The Morgan fingerprint density at radius 2 is 1.62 bits per heavy atom. The van der Waals surface area contributed by atoms with Crippen molar-refractivity contribution in [1.29, 1.82) is 0 Å². The first-order valence-corrected chi connectivity index (χ1v) is 14.6. The van der Waals surface area contributed by atoms with E-state index < -0.39 is 24.3 Å². The molecule has 2 aliphatic rings. The van der Waals surface area contributed by atoms with E-state index in [-0.39, 0.29) is 35.2 Å². The van der Waals surface area contributed by atoms with Crippen LogP contribution in [0.5, 0.6) is 5.75 Å². The number of hydrogen-bond acceptors (Lipinski definition) is 4. The molecule has 2 aliphatic heterocycles. The summed E-state index contributed by atoms with van der Waals surface area (Å²) in [6.45, 7) is 9.30. The molecule has 10 heteroatoms. The van der Waals surface area contributed by atoms with E-state index in [0.29, 0.717) is 44.7 Å². The topological polar surface area (TPSA) is 53.1 Å².